The summed E-state index contributed by atoms with van der Waals surface area (Å²) in [7, 11) is 0. The number of nitrogens with zero attached hydrogens (tertiary/aromatic N) is 1. The van der Waals surface area contributed by atoms with Gasteiger partial charge in [0.15, 0.2) is 5.69 Å². The molecular weight excluding hydrogens is 212 g/mol. The Morgan fingerprint density at radius 3 is 3.00 bits per heavy atom. The zero-order valence-corrected chi connectivity index (χ0v) is 9.84. The van der Waals surface area contributed by atoms with Crippen molar-refractivity contribution in [3.8, 4) is 0 Å². The standard InChI is InChI=1S/C10H16N2O2S/c1-3-4-7(2)14-10(13)8-6-15-9(5-11)12-8/h6-7H,3-5,11H2,1-2H3. The van der Waals surface area contributed by atoms with Gasteiger partial charge in [-0.3, -0.25) is 0 Å². The number of thiazole rings is 1. The first-order valence-electron chi connectivity index (χ1n) is 5.02. The molecule has 2 N–H and O–H groups in total. The molecule has 84 valence electrons. The van der Waals surface area contributed by atoms with E-state index in [0.717, 1.165) is 17.8 Å². The highest BCUT2D eigenvalue weighted by atomic mass is 32.1. The van der Waals surface area contributed by atoms with Crippen LogP contribution in [0.3, 0.4) is 0 Å². The lowest BCUT2D eigenvalue weighted by Gasteiger charge is -2.10. The zero-order chi connectivity index (χ0) is 11.3. The van der Waals surface area contributed by atoms with Gasteiger partial charge in [-0.05, 0) is 13.3 Å². The van der Waals surface area contributed by atoms with E-state index in [1.165, 1.54) is 11.3 Å². The second-order valence-corrected chi connectivity index (χ2v) is 4.28. The Bertz CT molecular complexity index is 325. The van der Waals surface area contributed by atoms with E-state index in [1.807, 2.05) is 6.92 Å². The molecule has 1 unspecified atom stereocenters. The van der Waals surface area contributed by atoms with E-state index in [-0.39, 0.29) is 12.1 Å². The lowest BCUT2D eigenvalue weighted by Crippen LogP contribution is -2.15. The van der Waals surface area contributed by atoms with Gasteiger partial charge in [-0.25, -0.2) is 9.78 Å². The van der Waals surface area contributed by atoms with E-state index in [4.69, 9.17) is 10.5 Å². The average Bonchev–Trinajstić information content (AvgIpc) is 2.66. The fourth-order valence-corrected chi connectivity index (χ4v) is 1.85. The molecule has 5 heteroatoms. The maximum Gasteiger partial charge on any atom is 0.358 e. The van der Waals surface area contributed by atoms with Crippen molar-refractivity contribution in [2.45, 2.75) is 39.3 Å². The van der Waals surface area contributed by atoms with Gasteiger partial charge in [0.1, 0.15) is 5.01 Å². The van der Waals surface area contributed by atoms with Gasteiger partial charge >= 0.3 is 5.97 Å². The number of esters is 1. The van der Waals surface area contributed by atoms with Gasteiger partial charge in [0.05, 0.1) is 6.10 Å². The van der Waals surface area contributed by atoms with E-state index in [0.29, 0.717) is 12.2 Å². The number of rotatable bonds is 5. The van der Waals surface area contributed by atoms with Crippen molar-refractivity contribution in [2.75, 3.05) is 0 Å². The van der Waals surface area contributed by atoms with Gasteiger partial charge in [-0.15, -0.1) is 11.3 Å². The minimum Gasteiger partial charge on any atom is -0.458 e. The van der Waals surface area contributed by atoms with Crippen LogP contribution in [0.15, 0.2) is 5.38 Å². The van der Waals surface area contributed by atoms with E-state index >= 15 is 0 Å². The molecule has 0 saturated carbocycles. The molecule has 0 aliphatic rings. The van der Waals surface area contributed by atoms with Gasteiger partial charge in [0, 0.05) is 11.9 Å². The van der Waals surface area contributed by atoms with Crippen LogP contribution in [0.1, 0.15) is 42.2 Å². The molecule has 0 fully saturated rings. The van der Waals surface area contributed by atoms with Crippen LogP contribution in [0.4, 0.5) is 0 Å². The Labute approximate surface area is 93.5 Å². The fraction of sp³-hybridized carbons (Fsp3) is 0.600. The summed E-state index contributed by atoms with van der Waals surface area (Å²) in [4.78, 5) is 15.6. The van der Waals surface area contributed by atoms with Crippen molar-refractivity contribution in [1.82, 2.24) is 4.98 Å². The first-order chi connectivity index (χ1) is 7.17. The van der Waals surface area contributed by atoms with Gasteiger partial charge in [0.25, 0.3) is 0 Å². The minimum absolute atomic E-state index is 0.0504. The third kappa shape index (κ3) is 3.60. The summed E-state index contributed by atoms with van der Waals surface area (Å²) in [6.07, 6.45) is 1.82. The molecule has 0 saturated heterocycles. The van der Waals surface area contributed by atoms with Crippen LogP contribution in [0.2, 0.25) is 0 Å². The van der Waals surface area contributed by atoms with Crippen molar-refractivity contribution in [2.24, 2.45) is 5.73 Å². The quantitative estimate of drug-likeness (QED) is 0.782. The van der Waals surface area contributed by atoms with E-state index in [9.17, 15) is 4.79 Å². The molecule has 0 aromatic carbocycles. The number of hydrogen-bond acceptors (Lipinski definition) is 5. The molecule has 0 radical (unpaired) electrons. The molecule has 1 heterocycles. The Morgan fingerprint density at radius 2 is 2.47 bits per heavy atom. The van der Waals surface area contributed by atoms with E-state index in [2.05, 4.69) is 11.9 Å². The Kier molecular flexibility index (Phi) is 4.71. The van der Waals surface area contributed by atoms with Gasteiger partial charge < -0.3 is 10.5 Å². The second kappa shape index (κ2) is 5.82. The number of aromatic nitrogens is 1. The molecule has 0 aliphatic heterocycles. The molecular formula is C10H16N2O2S. The number of nitrogens with two attached hydrogens (primary N) is 1. The lowest BCUT2D eigenvalue weighted by molar-refractivity contribution is 0.0317. The van der Waals surface area contributed by atoms with Crippen LogP contribution < -0.4 is 5.73 Å². The predicted octanol–water partition coefficient (Wildman–Crippen LogP) is 1.95. The zero-order valence-electron chi connectivity index (χ0n) is 9.03. The van der Waals surface area contributed by atoms with Crippen LogP contribution in [-0.2, 0) is 11.3 Å². The largest absolute Gasteiger partial charge is 0.458 e. The van der Waals surface area contributed by atoms with Crippen LogP contribution in [0.5, 0.6) is 0 Å². The first kappa shape index (κ1) is 12.1. The molecule has 0 aliphatic carbocycles. The van der Waals surface area contributed by atoms with E-state index < -0.39 is 0 Å². The van der Waals surface area contributed by atoms with Gasteiger partial charge in [0.2, 0.25) is 0 Å². The fourth-order valence-electron chi connectivity index (χ4n) is 1.21. The van der Waals surface area contributed by atoms with Crippen molar-refractivity contribution in [3.05, 3.63) is 16.1 Å². The van der Waals surface area contributed by atoms with Crippen LogP contribution >= 0.6 is 11.3 Å². The summed E-state index contributed by atoms with van der Waals surface area (Å²) in [5.74, 6) is -0.355. The molecule has 1 rings (SSSR count). The van der Waals surface area contributed by atoms with E-state index in [1.54, 1.807) is 5.38 Å². The normalized spacial score (nSPS) is 12.5. The summed E-state index contributed by atoms with van der Waals surface area (Å²) in [6, 6.07) is 0. The molecule has 4 nitrogen and oxygen atoms in total. The Morgan fingerprint density at radius 1 is 1.73 bits per heavy atom. The minimum atomic E-state index is -0.355. The van der Waals surface area contributed by atoms with Gasteiger partial charge in [-0.1, -0.05) is 13.3 Å². The summed E-state index contributed by atoms with van der Waals surface area (Å²) in [6.45, 7) is 4.31. The summed E-state index contributed by atoms with van der Waals surface area (Å²) >= 11 is 1.38. The molecule has 0 bridgehead atoms. The number of carbonyl (C=O) groups is 1. The average molecular weight is 228 g/mol. The van der Waals surface area contributed by atoms with Crippen molar-refractivity contribution < 1.29 is 9.53 Å². The van der Waals surface area contributed by atoms with Crippen molar-refractivity contribution in [3.63, 3.8) is 0 Å². The summed E-state index contributed by atoms with van der Waals surface area (Å²) < 4.78 is 5.20. The highest BCUT2D eigenvalue weighted by molar-refractivity contribution is 7.09. The number of carbonyl (C=O) groups excluding carboxylic acids is 1. The van der Waals surface area contributed by atoms with Crippen LogP contribution in [0, 0.1) is 0 Å². The molecule has 1 aromatic heterocycles. The summed E-state index contributed by atoms with van der Waals surface area (Å²) in [5.41, 5.74) is 5.77. The Hall–Kier alpha value is -0.940. The van der Waals surface area contributed by atoms with Crippen LogP contribution in [0.25, 0.3) is 0 Å². The lowest BCUT2D eigenvalue weighted by atomic mass is 10.2. The van der Waals surface area contributed by atoms with Crippen LogP contribution in [-0.4, -0.2) is 17.1 Å². The predicted molar refractivity (Wildman–Crippen MR) is 59.8 cm³/mol. The second-order valence-electron chi connectivity index (χ2n) is 3.34. The van der Waals surface area contributed by atoms with Crippen molar-refractivity contribution in [1.29, 1.82) is 0 Å². The SMILES string of the molecule is CCCC(C)OC(=O)c1csc(CN)n1. The molecule has 1 atom stereocenters. The molecule has 0 spiro atoms. The molecule has 0 amide bonds. The third-order valence-corrected chi connectivity index (χ3v) is 2.81. The third-order valence-electron chi connectivity index (χ3n) is 1.94. The summed E-state index contributed by atoms with van der Waals surface area (Å²) in [5, 5.41) is 2.44. The number of ether oxygens (including phenoxy) is 1. The molecule has 1 aromatic rings. The molecule has 15 heavy (non-hydrogen) atoms. The maximum atomic E-state index is 11.5. The highest BCUT2D eigenvalue weighted by Gasteiger charge is 2.14. The monoisotopic (exact) mass is 228 g/mol. The Balaban J connectivity index is 2.53. The highest BCUT2D eigenvalue weighted by Crippen LogP contribution is 2.11. The number of hydrogen-bond donors (Lipinski definition) is 1. The topological polar surface area (TPSA) is 65.2 Å². The first-order valence-corrected chi connectivity index (χ1v) is 5.90. The van der Waals surface area contributed by atoms with Crippen molar-refractivity contribution >= 4 is 17.3 Å². The van der Waals surface area contributed by atoms with Gasteiger partial charge in [-0.2, -0.15) is 0 Å². The maximum absolute atomic E-state index is 11.5. The smallest absolute Gasteiger partial charge is 0.358 e.